The number of rotatable bonds is 3. The van der Waals surface area contributed by atoms with Gasteiger partial charge >= 0.3 is 0 Å². The molecule has 0 radical (unpaired) electrons. The van der Waals surface area contributed by atoms with Gasteiger partial charge < -0.3 is 10.1 Å². The van der Waals surface area contributed by atoms with Gasteiger partial charge in [-0.1, -0.05) is 30.1 Å². The predicted molar refractivity (Wildman–Crippen MR) is 67.6 cm³/mol. The zero-order valence-electron chi connectivity index (χ0n) is 9.39. The minimum atomic E-state index is 0.0685. The van der Waals surface area contributed by atoms with Crippen molar-refractivity contribution < 1.29 is 4.74 Å². The van der Waals surface area contributed by atoms with Crippen molar-refractivity contribution in [1.29, 1.82) is 0 Å². The summed E-state index contributed by atoms with van der Waals surface area (Å²) in [5.74, 6) is 0.732. The van der Waals surface area contributed by atoms with Gasteiger partial charge in [-0.3, -0.25) is 0 Å². The van der Waals surface area contributed by atoms with Crippen LogP contribution in [0, 0.1) is 0 Å². The Morgan fingerprint density at radius 3 is 2.69 bits per heavy atom. The van der Waals surface area contributed by atoms with Crippen molar-refractivity contribution in [2.24, 2.45) is 0 Å². The monoisotopic (exact) mass is 259 g/mol. The van der Waals surface area contributed by atoms with Crippen molar-refractivity contribution in [3.8, 4) is 5.75 Å². The molecule has 0 bridgehead atoms. The lowest BCUT2D eigenvalue weighted by Crippen LogP contribution is -2.29. The third-order valence-electron chi connectivity index (χ3n) is 2.79. The molecule has 2 rings (SSSR count). The molecule has 0 aliphatic carbocycles. The average molecular weight is 260 g/mol. The smallest absolute Gasteiger partial charge is 0.144 e. The third-order valence-corrected chi connectivity index (χ3v) is 3.42. The standard InChI is InChI=1S/C12H15Cl2NO/c1-3-6-15-11-7(2)16-12-9(14)5-4-8(13)10(11)12/h4-5,7,11,15H,3,6H2,1-2H3. The molecule has 0 saturated carbocycles. The molecule has 4 heteroatoms. The van der Waals surface area contributed by atoms with Crippen LogP contribution in [0.2, 0.25) is 10.0 Å². The van der Waals surface area contributed by atoms with Crippen LogP contribution in [0.15, 0.2) is 12.1 Å². The second-order valence-corrected chi connectivity index (χ2v) is 4.84. The van der Waals surface area contributed by atoms with Crippen molar-refractivity contribution in [1.82, 2.24) is 5.32 Å². The highest BCUT2D eigenvalue weighted by atomic mass is 35.5. The number of hydrogen-bond donors (Lipinski definition) is 1. The molecule has 1 N–H and O–H groups in total. The van der Waals surface area contributed by atoms with E-state index in [0.29, 0.717) is 5.02 Å². The van der Waals surface area contributed by atoms with Gasteiger partial charge in [0.15, 0.2) is 0 Å². The van der Waals surface area contributed by atoms with Gasteiger partial charge in [0, 0.05) is 10.6 Å². The lowest BCUT2D eigenvalue weighted by Gasteiger charge is -2.16. The average Bonchev–Trinajstić information content (AvgIpc) is 2.59. The normalized spacial score (nSPS) is 23.0. The van der Waals surface area contributed by atoms with Gasteiger partial charge in [0.2, 0.25) is 0 Å². The van der Waals surface area contributed by atoms with Gasteiger partial charge in [-0.2, -0.15) is 0 Å². The molecule has 0 fully saturated rings. The number of nitrogens with one attached hydrogen (secondary N) is 1. The summed E-state index contributed by atoms with van der Waals surface area (Å²) in [4.78, 5) is 0. The number of benzene rings is 1. The van der Waals surface area contributed by atoms with Crippen LogP contribution in [-0.2, 0) is 0 Å². The quantitative estimate of drug-likeness (QED) is 0.892. The van der Waals surface area contributed by atoms with E-state index in [9.17, 15) is 0 Å². The maximum atomic E-state index is 6.20. The molecule has 0 spiro atoms. The molecular weight excluding hydrogens is 245 g/mol. The van der Waals surface area contributed by atoms with E-state index in [1.165, 1.54) is 0 Å². The zero-order valence-corrected chi connectivity index (χ0v) is 10.9. The zero-order chi connectivity index (χ0) is 11.7. The largest absolute Gasteiger partial charge is 0.487 e. The van der Waals surface area contributed by atoms with Crippen LogP contribution in [0.25, 0.3) is 0 Å². The van der Waals surface area contributed by atoms with Gasteiger partial charge in [-0.05, 0) is 32.0 Å². The van der Waals surface area contributed by atoms with E-state index in [-0.39, 0.29) is 12.1 Å². The summed E-state index contributed by atoms with van der Waals surface area (Å²) in [5, 5.41) is 4.79. The van der Waals surface area contributed by atoms with Crippen molar-refractivity contribution in [3.63, 3.8) is 0 Å². The molecule has 1 aromatic carbocycles. The molecule has 0 aromatic heterocycles. The van der Waals surface area contributed by atoms with Gasteiger partial charge in [0.1, 0.15) is 11.9 Å². The maximum absolute atomic E-state index is 6.20. The van der Waals surface area contributed by atoms with Gasteiger partial charge in [-0.15, -0.1) is 0 Å². The molecule has 16 heavy (non-hydrogen) atoms. The first kappa shape index (κ1) is 12.0. The Morgan fingerprint density at radius 2 is 2.00 bits per heavy atom. The van der Waals surface area contributed by atoms with E-state index in [2.05, 4.69) is 12.2 Å². The molecule has 2 nitrogen and oxygen atoms in total. The summed E-state index contributed by atoms with van der Waals surface area (Å²) in [6.45, 7) is 5.11. The summed E-state index contributed by atoms with van der Waals surface area (Å²) < 4.78 is 5.75. The van der Waals surface area contributed by atoms with Crippen molar-refractivity contribution in [2.45, 2.75) is 32.4 Å². The fourth-order valence-corrected chi connectivity index (χ4v) is 2.49. The molecule has 1 aliphatic rings. The summed E-state index contributed by atoms with van der Waals surface area (Å²) >= 11 is 12.3. The fourth-order valence-electron chi connectivity index (χ4n) is 2.01. The Labute approximate surface area is 106 Å². The topological polar surface area (TPSA) is 21.3 Å². The van der Waals surface area contributed by atoms with Crippen LogP contribution >= 0.6 is 23.2 Å². The SMILES string of the molecule is CCCNC1c2c(Cl)ccc(Cl)c2OC1C. The molecule has 1 aliphatic heterocycles. The minimum absolute atomic E-state index is 0.0685. The van der Waals surface area contributed by atoms with Crippen molar-refractivity contribution in [2.75, 3.05) is 6.54 Å². The van der Waals surface area contributed by atoms with E-state index in [1.807, 2.05) is 13.0 Å². The lowest BCUT2D eigenvalue weighted by molar-refractivity contribution is 0.210. The molecule has 88 valence electrons. The Hall–Kier alpha value is -0.440. The van der Waals surface area contributed by atoms with E-state index < -0.39 is 0 Å². The van der Waals surface area contributed by atoms with Crippen LogP contribution in [0.3, 0.4) is 0 Å². The summed E-state index contributed by atoms with van der Waals surface area (Å²) in [6.07, 6.45) is 1.15. The summed E-state index contributed by atoms with van der Waals surface area (Å²) in [6, 6.07) is 3.74. The summed E-state index contributed by atoms with van der Waals surface area (Å²) in [7, 11) is 0. The molecule has 0 amide bonds. The van der Waals surface area contributed by atoms with Crippen LogP contribution in [0.4, 0.5) is 0 Å². The second-order valence-electron chi connectivity index (χ2n) is 4.03. The predicted octanol–water partition coefficient (Wildman–Crippen LogP) is 3.82. The maximum Gasteiger partial charge on any atom is 0.144 e. The first-order valence-corrected chi connectivity index (χ1v) is 6.28. The fraction of sp³-hybridized carbons (Fsp3) is 0.500. The summed E-state index contributed by atoms with van der Waals surface area (Å²) in [5.41, 5.74) is 0.995. The minimum Gasteiger partial charge on any atom is -0.487 e. The van der Waals surface area contributed by atoms with Gasteiger partial charge in [-0.25, -0.2) is 0 Å². The lowest BCUT2D eigenvalue weighted by atomic mass is 10.0. The van der Waals surface area contributed by atoms with E-state index in [1.54, 1.807) is 6.07 Å². The molecule has 2 unspecified atom stereocenters. The van der Waals surface area contributed by atoms with Gasteiger partial charge in [0.05, 0.1) is 11.1 Å². The molecule has 1 aromatic rings. The highest BCUT2D eigenvalue weighted by Crippen LogP contribution is 2.45. The highest BCUT2D eigenvalue weighted by molar-refractivity contribution is 6.35. The third kappa shape index (κ3) is 2.02. The molecule has 0 saturated heterocycles. The Morgan fingerprint density at radius 1 is 1.31 bits per heavy atom. The first-order valence-electron chi connectivity index (χ1n) is 5.53. The molecule has 1 heterocycles. The van der Waals surface area contributed by atoms with Crippen LogP contribution < -0.4 is 10.1 Å². The molecule has 2 atom stereocenters. The Bertz CT molecular complexity index is 395. The number of fused-ring (bicyclic) bond motifs is 1. The molecular formula is C12H15Cl2NO. The van der Waals surface area contributed by atoms with Crippen LogP contribution in [0.1, 0.15) is 31.9 Å². The number of halogens is 2. The van der Waals surface area contributed by atoms with Crippen LogP contribution in [-0.4, -0.2) is 12.6 Å². The van der Waals surface area contributed by atoms with E-state index in [0.717, 1.165) is 29.3 Å². The van der Waals surface area contributed by atoms with Crippen molar-refractivity contribution in [3.05, 3.63) is 27.7 Å². The van der Waals surface area contributed by atoms with E-state index >= 15 is 0 Å². The second kappa shape index (κ2) is 4.82. The first-order chi connectivity index (χ1) is 7.65. The Balaban J connectivity index is 2.35. The van der Waals surface area contributed by atoms with Gasteiger partial charge in [0.25, 0.3) is 0 Å². The number of ether oxygens (including phenoxy) is 1. The van der Waals surface area contributed by atoms with E-state index in [4.69, 9.17) is 27.9 Å². The number of hydrogen-bond acceptors (Lipinski definition) is 2. The highest BCUT2D eigenvalue weighted by Gasteiger charge is 2.34. The Kier molecular flexibility index (Phi) is 3.63. The van der Waals surface area contributed by atoms with Crippen molar-refractivity contribution >= 4 is 23.2 Å². The van der Waals surface area contributed by atoms with Crippen LogP contribution in [0.5, 0.6) is 5.75 Å².